The molecule has 2 rings (SSSR count). The molecule has 0 amide bonds. The van der Waals surface area contributed by atoms with E-state index in [4.69, 9.17) is 15.1 Å². The van der Waals surface area contributed by atoms with E-state index in [9.17, 15) is 4.79 Å². The van der Waals surface area contributed by atoms with Gasteiger partial charge < -0.3 is 15.2 Å². The number of nitrogens with zero attached hydrogens (tertiary/aromatic N) is 3. The van der Waals surface area contributed by atoms with E-state index in [0.717, 1.165) is 6.20 Å². The fourth-order valence-electron chi connectivity index (χ4n) is 1.53. The molecule has 0 aliphatic heterocycles. The summed E-state index contributed by atoms with van der Waals surface area (Å²) < 4.78 is 5.16. The Morgan fingerprint density at radius 3 is 2.90 bits per heavy atom. The number of aromatic nitrogens is 2. The van der Waals surface area contributed by atoms with Gasteiger partial charge in [-0.25, -0.2) is 9.78 Å². The van der Waals surface area contributed by atoms with Gasteiger partial charge >= 0.3 is 5.97 Å². The molecule has 0 saturated heterocycles. The number of ether oxygens (including phenoxy) is 1. The summed E-state index contributed by atoms with van der Waals surface area (Å²) in [4.78, 5) is 18.5. The molecule has 0 spiro atoms. The third kappa shape index (κ3) is 2.81. The van der Waals surface area contributed by atoms with Gasteiger partial charge in [0.15, 0.2) is 5.69 Å². The lowest BCUT2D eigenvalue weighted by molar-refractivity contribution is 0.0690. The predicted octanol–water partition coefficient (Wildman–Crippen LogP) is 1.80. The fraction of sp³-hybridized carbons (Fsp3) is 0.0769. The molecule has 0 aliphatic carbocycles. The molecular weight excluding hydrogens is 260 g/mol. The highest BCUT2D eigenvalue weighted by atomic mass is 16.5. The highest BCUT2D eigenvalue weighted by molar-refractivity contribution is 5.85. The molecule has 20 heavy (non-hydrogen) atoms. The second-order valence-corrected chi connectivity index (χ2v) is 3.75. The van der Waals surface area contributed by atoms with Crippen molar-refractivity contribution in [1.29, 1.82) is 5.26 Å². The molecule has 2 aromatic rings. The first-order chi connectivity index (χ1) is 9.63. The minimum atomic E-state index is -1.16. The molecule has 0 atom stereocenters. The van der Waals surface area contributed by atoms with Gasteiger partial charge in [-0.1, -0.05) is 0 Å². The van der Waals surface area contributed by atoms with Gasteiger partial charge in [0.05, 0.1) is 36.8 Å². The van der Waals surface area contributed by atoms with Crippen molar-refractivity contribution in [2.75, 3.05) is 12.4 Å². The first-order valence-electron chi connectivity index (χ1n) is 5.54. The number of hydrogen-bond donors (Lipinski definition) is 2. The second kappa shape index (κ2) is 5.67. The quantitative estimate of drug-likeness (QED) is 0.871. The van der Waals surface area contributed by atoms with E-state index in [0.29, 0.717) is 17.0 Å². The predicted molar refractivity (Wildman–Crippen MR) is 70.0 cm³/mol. The minimum absolute atomic E-state index is 0.164. The van der Waals surface area contributed by atoms with Crippen LogP contribution >= 0.6 is 0 Å². The molecule has 1 aromatic heterocycles. The van der Waals surface area contributed by atoms with Gasteiger partial charge in [-0.05, 0) is 12.1 Å². The third-order valence-corrected chi connectivity index (χ3v) is 2.45. The molecule has 1 heterocycles. The van der Waals surface area contributed by atoms with Crippen LogP contribution in [0.1, 0.15) is 16.1 Å². The number of methoxy groups -OCH3 is 1. The maximum atomic E-state index is 10.8. The summed E-state index contributed by atoms with van der Waals surface area (Å²) in [5.41, 5.74) is 0.851. The topological polar surface area (TPSA) is 108 Å². The maximum absolute atomic E-state index is 10.8. The van der Waals surface area contributed by atoms with Gasteiger partial charge in [0.1, 0.15) is 11.6 Å². The van der Waals surface area contributed by atoms with Gasteiger partial charge in [-0.3, -0.25) is 4.98 Å². The Morgan fingerprint density at radius 1 is 1.45 bits per heavy atom. The van der Waals surface area contributed by atoms with E-state index in [2.05, 4.69) is 15.3 Å². The van der Waals surface area contributed by atoms with Crippen molar-refractivity contribution >= 4 is 17.5 Å². The highest BCUT2D eigenvalue weighted by Gasteiger charge is 2.09. The lowest BCUT2D eigenvalue weighted by atomic mass is 10.2. The van der Waals surface area contributed by atoms with Crippen LogP contribution in [0.4, 0.5) is 11.5 Å². The number of carboxylic acid groups (broad SMARTS) is 1. The number of nitrogens with one attached hydrogen (secondary N) is 1. The van der Waals surface area contributed by atoms with E-state index in [1.54, 1.807) is 18.2 Å². The second-order valence-electron chi connectivity index (χ2n) is 3.75. The number of hydrogen-bond acceptors (Lipinski definition) is 6. The normalized spacial score (nSPS) is 9.60. The van der Waals surface area contributed by atoms with Crippen LogP contribution in [0.5, 0.6) is 5.75 Å². The average molecular weight is 270 g/mol. The molecule has 0 unspecified atom stereocenters. The Labute approximate surface area is 114 Å². The van der Waals surface area contributed by atoms with Crippen LogP contribution in [-0.4, -0.2) is 28.2 Å². The molecule has 7 nitrogen and oxygen atoms in total. The molecule has 100 valence electrons. The van der Waals surface area contributed by atoms with Crippen molar-refractivity contribution in [3.63, 3.8) is 0 Å². The standard InChI is InChI=1S/C13H10N4O3/c1-20-11-4-8(5-14)2-3-9(11)16-12-7-15-6-10(17-12)13(18)19/h2-4,6-7H,1H3,(H,16,17)(H,18,19). The maximum Gasteiger partial charge on any atom is 0.356 e. The fourth-order valence-corrected chi connectivity index (χ4v) is 1.53. The van der Waals surface area contributed by atoms with E-state index >= 15 is 0 Å². The van der Waals surface area contributed by atoms with Gasteiger partial charge in [-0.2, -0.15) is 5.26 Å². The number of benzene rings is 1. The van der Waals surface area contributed by atoms with Crippen LogP contribution in [0.3, 0.4) is 0 Å². The molecular formula is C13H10N4O3. The summed E-state index contributed by atoms with van der Waals surface area (Å²) in [7, 11) is 1.47. The molecule has 0 aliphatic rings. The van der Waals surface area contributed by atoms with Crippen molar-refractivity contribution in [2.24, 2.45) is 0 Å². The zero-order valence-electron chi connectivity index (χ0n) is 10.5. The molecule has 2 N–H and O–H groups in total. The van der Waals surface area contributed by atoms with Gasteiger partial charge in [0, 0.05) is 6.07 Å². The van der Waals surface area contributed by atoms with E-state index < -0.39 is 5.97 Å². The number of carboxylic acids is 1. The summed E-state index contributed by atoms with van der Waals surface area (Å²) >= 11 is 0. The lowest BCUT2D eigenvalue weighted by Crippen LogP contribution is -2.04. The largest absolute Gasteiger partial charge is 0.495 e. The Morgan fingerprint density at radius 2 is 2.25 bits per heavy atom. The summed E-state index contributed by atoms with van der Waals surface area (Å²) in [6.07, 6.45) is 2.55. The van der Waals surface area contributed by atoms with Crippen LogP contribution in [-0.2, 0) is 0 Å². The van der Waals surface area contributed by atoms with Gasteiger partial charge in [-0.15, -0.1) is 0 Å². The van der Waals surface area contributed by atoms with Crippen LogP contribution in [0.15, 0.2) is 30.6 Å². The Bertz CT molecular complexity index is 694. The molecule has 1 aromatic carbocycles. The Balaban J connectivity index is 2.32. The van der Waals surface area contributed by atoms with Crippen LogP contribution in [0.25, 0.3) is 0 Å². The zero-order chi connectivity index (χ0) is 14.5. The highest BCUT2D eigenvalue weighted by Crippen LogP contribution is 2.27. The van der Waals surface area contributed by atoms with E-state index in [1.807, 2.05) is 6.07 Å². The number of carbonyl (C=O) groups is 1. The number of anilines is 2. The van der Waals surface area contributed by atoms with Crippen LogP contribution < -0.4 is 10.1 Å². The Hall–Kier alpha value is -3.14. The summed E-state index contributed by atoms with van der Waals surface area (Å²) in [6.45, 7) is 0. The molecule has 0 radical (unpaired) electrons. The smallest absolute Gasteiger partial charge is 0.356 e. The minimum Gasteiger partial charge on any atom is -0.495 e. The lowest BCUT2D eigenvalue weighted by Gasteiger charge is -2.10. The van der Waals surface area contributed by atoms with Crippen molar-refractivity contribution in [2.45, 2.75) is 0 Å². The first kappa shape index (κ1) is 13.3. The molecule has 0 fully saturated rings. The van der Waals surface area contributed by atoms with Crippen LogP contribution in [0.2, 0.25) is 0 Å². The van der Waals surface area contributed by atoms with Crippen LogP contribution in [0, 0.1) is 11.3 Å². The summed E-state index contributed by atoms with van der Waals surface area (Å²) in [5, 5.41) is 20.6. The van der Waals surface area contributed by atoms with E-state index in [-0.39, 0.29) is 11.5 Å². The average Bonchev–Trinajstić information content (AvgIpc) is 2.48. The van der Waals surface area contributed by atoms with Gasteiger partial charge in [0.25, 0.3) is 0 Å². The van der Waals surface area contributed by atoms with Crippen molar-refractivity contribution < 1.29 is 14.6 Å². The monoisotopic (exact) mass is 270 g/mol. The number of nitriles is 1. The van der Waals surface area contributed by atoms with Crippen molar-refractivity contribution in [3.8, 4) is 11.8 Å². The molecule has 7 heteroatoms. The zero-order valence-corrected chi connectivity index (χ0v) is 10.5. The Kier molecular flexibility index (Phi) is 3.77. The summed E-state index contributed by atoms with van der Waals surface area (Å²) in [5.74, 6) is -0.438. The third-order valence-electron chi connectivity index (χ3n) is 2.45. The summed E-state index contributed by atoms with van der Waals surface area (Å²) in [6, 6.07) is 6.83. The number of rotatable bonds is 4. The molecule has 0 saturated carbocycles. The molecule has 0 bridgehead atoms. The van der Waals surface area contributed by atoms with Gasteiger partial charge in [0.2, 0.25) is 0 Å². The number of aromatic carboxylic acids is 1. The SMILES string of the molecule is COc1cc(C#N)ccc1Nc1cncc(C(=O)O)n1. The first-order valence-corrected chi connectivity index (χ1v) is 5.54. The van der Waals surface area contributed by atoms with E-state index in [1.165, 1.54) is 13.3 Å². The van der Waals surface area contributed by atoms with Crippen molar-refractivity contribution in [1.82, 2.24) is 9.97 Å². The van der Waals surface area contributed by atoms with Crippen molar-refractivity contribution in [3.05, 3.63) is 41.9 Å².